The van der Waals surface area contributed by atoms with Crippen molar-refractivity contribution in [3.05, 3.63) is 53.6 Å². The van der Waals surface area contributed by atoms with Crippen LogP contribution in [0.1, 0.15) is 44.7 Å². The first-order valence-electron chi connectivity index (χ1n) is 7.70. The first-order valence-corrected chi connectivity index (χ1v) is 7.70. The molecule has 1 rings (SSSR count). The maximum atomic E-state index is 9.93. The van der Waals surface area contributed by atoms with Gasteiger partial charge in [0.2, 0.25) is 0 Å². The van der Waals surface area contributed by atoms with E-state index in [4.69, 9.17) is 21.8 Å². The first kappa shape index (κ1) is 22.4. The molecule has 0 radical (unpaired) electrons. The van der Waals surface area contributed by atoms with Crippen LogP contribution < -0.4 is 11.6 Å². The summed E-state index contributed by atoms with van der Waals surface area (Å²) in [5, 5.41) is 37.7. The summed E-state index contributed by atoms with van der Waals surface area (Å²) in [6, 6.07) is 2.91. The van der Waals surface area contributed by atoms with E-state index in [1.165, 1.54) is 30.3 Å². The molecule has 0 aliphatic rings. The van der Waals surface area contributed by atoms with Crippen molar-refractivity contribution in [3.63, 3.8) is 0 Å². The number of hydrazine groups is 1. The fourth-order valence-electron chi connectivity index (χ4n) is 1.85. The van der Waals surface area contributed by atoms with Crippen LogP contribution in [0, 0.1) is 0 Å². The van der Waals surface area contributed by atoms with Crippen molar-refractivity contribution in [3.8, 4) is 11.5 Å². The Labute approximate surface area is 148 Å². The Morgan fingerprint density at radius 2 is 1.76 bits per heavy atom. The van der Waals surface area contributed by atoms with Crippen LogP contribution in [0.25, 0.3) is 5.70 Å². The Hall–Kier alpha value is -2.64. The lowest BCUT2D eigenvalue weighted by atomic mass is 9.98. The zero-order chi connectivity index (χ0) is 19.7. The fraction of sp³-hybridized carbons (Fsp3) is 0.333. The molecular formula is C18H29N3O4. The molecule has 0 bridgehead atoms. The van der Waals surface area contributed by atoms with Gasteiger partial charge in [0.15, 0.2) is 0 Å². The fourth-order valence-corrected chi connectivity index (χ4v) is 1.85. The summed E-state index contributed by atoms with van der Waals surface area (Å²) in [6.07, 6.45) is 2.97. The van der Waals surface area contributed by atoms with Gasteiger partial charge >= 0.3 is 0 Å². The number of hydrogen-bond acceptors (Lipinski definition) is 7. The predicted octanol–water partition coefficient (Wildman–Crippen LogP) is 2.63. The van der Waals surface area contributed by atoms with E-state index in [-0.39, 0.29) is 35.5 Å². The number of aromatic hydroxyl groups is 2. The molecule has 0 heterocycles. The highest BCUT2D eigenvalue weighted by Gasteiger charge is 2.13. The number of hydrogen-bond donors (Lipinski definition) is 6. The van der Waals surface area contributed by atoms with E-state index in [0.717, 1.165) is 0 Å². The number of benzene rings is 1. The molecule has 0 aliphatic heterocycles. The SMILES string of the molecule is C/C(=C\CO)N(N)/C=C(\N)c1cc(C(C)C)c(O)cc1O.C=C(C)O. The topological polar surface area (TPSA) is 136 Å². The predicted molar refractivity (Wildman–Crippen MR) is 100 cm³/mol. The highest BCUT2D eigenvalue weighted by Crippen LogP contribution is 2.34. The first-order chi connectivity index (χ1) is 11.5. The summed E-state index contributed by atoms with van der Waals surface area (Å²) < 4.78 is 0. The molecule has 0 aromatic heterocycles. The van der Waals surface area contributed by atoms with Crippen molar-refractivity contribution in [2.45, 2.75) is 33.6 Å². The van der Waals surface area contributed by atoms with Gasteiger partial charge in [-0.25, -0.2) is 5.84 Å². The molecule has 1 aromatic rings. The number of nitrogens with two attached hydrogens (primary N) is 2. The number of phenols is 2. The number of aliphatic hydroxyl groups is 2. The molecular weight excluding hydrogens is 322 g/mol. The summed E-state index contributed by atoms with van der Waals surface area (Å²) in [6.45, 7) is 10.1. The van der Waals surface area contributed by atoms with Gasteiger partial charge < -0.3 is 26.2 Å². The van der Waals surface area contributed by atoms with Crippen molar-refractivity contribution < 1.29 is 20.4 Å². The molecule has 0 spiro atoms. The Balaban J connectivity index is 0.00000129. The number of phenolic OH excluding ortho intramolecular Hbond substituents is 2. The Morgan fingerprint density at radius 1 is 1.24 bits per heavy atom. The van der Waals surface area contributed by atoms with Crippen LogP contribution in [0.2, 0.25) is 0 Å². The van der Waals surface area contributed by atoms with E-state index >= 15 is 0 Å². The van der Waals surface area contributed by atoms with E-state index < -0.39 is 0 Å². The molecule has 0 aliphatic carbocycles. The van der Waals surface area contributed by atoms with E-state index in [1.54, 1.807) is 13.0 Å². The molecule has 0 saturated heterocycles. The van der Waals surface area contributed by atoms with Gasteiger partial charge in [-0.1, -0.05) is 20.4 Å². The lowest BCUT2D eigenvalue weighted by Crippen LogP contribution is -2.24. The number of aliphatic hydroxyl groups excluding tert-OH is 2. The van der Waals surface area contributed by atoms with Gasteiger partial charge in [0.25, 0.3) is 0 Å². The van der Waals surface area contributed by atoms with Crippen molar-refractivity contribution in [1.82, 2.24) is 5.01 Å². The van der Waals surface area contributed by atoms with Crippen LogP contribution in [-0.2, 0) is 0 Å². The summed E-state index contributed by atoms with van der Waals surface area (Å²) in [5.74, 6) is 5.94. The van der Waals surface area contributed by atoms with Gasteiger partial charge in [0.1, 0.15) is 11.5 Å². The zero-order valence-electron chi connectivity index (χ0n) is 15.2. The van der Waals surface area contributed by atoms with Crippen LogP contribution >= 0.6 is 0 Å². The molecule has 25 heavy (non-hydrogen) atoms. The average molecular weight is 351 g/mol. The maximum absolute atomic E-state index is 9.93. The van der Waals surface area contributed by atoms with Crippen LogP contribution in [0.3, 0.4) is 0 Å². The van der Waals surface area contributed by atoms with Gasteiger partial charge in [-0.3, -0.25) is 5.01 Å². The normalized spacial score (nSPS) is 11.8. The monoisotopic (exact) mass is 351 g/mol. The molecule has 0 amide bonds. The smallest absolute Gasteiger partial charge is 0.128 e. The summed E-state index contributed by atoms with van der Waals surface area (Å²) >= 11 is 0. The quantitative estimate of drug-likeness (QED) is 0.272. The third kappa shape index (κ3) is 7.65. The molecule has 0 saturated carbocycles. The minimum atomic E-state index is -0.130. The number of rotatable bonds is 5. The van der Waals surface area contributed by atoms with Crippen LogP contribution in [-0.4, -0.2) is 32.0 Å². The van der Waals surface area contributed by atoms with E-state index in [9.17, 15) is 10.2 Å². The minimum Gasteiger partial charge on any atom is -0.513 e. The molecule has 0 fully saturated rings. The third-order valence-electron chi connectivity index (χ3n) is 3.15. The van der Waals surface area contributed by atoms with Gasteiger partial charge in [-0.2, -0.15) is 0 Å². The highest BCUT2D eigenvalue weighted by molar-refractivity contribution is 5.70. The van der Waals surface area contributed by atoms with E-state index in [1.807, 2.05) is 13.8 Å². The molecule has 0 unspecified atom stereocenters. The molecule has 0 atom stereocenters. The second kappa shape index (κ2) is 10.3. The summed E-state index contributed by atoms with van der Waals surface area (Å²) in [5.41, 5.74) is 7.90. The maximum Gasteiger partial charge on any atom is 0.128 e. The largest absolute Gasteiger partial charge is 0.513 e. The summed E-state index contributed by atoms with van der Waals surface area (Å²) in [4.78, 5) is 0. The van der Waals surface area contributed by atoms with Crippen molar-refractivity contribution >= 4 is 5.70 Å². The number of nitrogens with zero attached hydrogens (tertiary/aromatic N) is 1. The second-order valence-corrected chi connectivity index (χ2v) is 5.84. The van der Waals surface area contributed by atoms with Crippen molar-refractivity contribution in [1.29, 1.82) is 0 Å². The van der Waals surface area contributed by atoms with E-state index in [0.29, 0.717) is 16.8 Å². The molecule has 7 nitrogen and oxygen atoms in total. The van der Waals surface area contributed by atoms with Crippen molar-refractivity contribution in [2.75, 3.05) is 6.61 Å². The van der Waals surface area contributed by atoms with Gasteiger partial charge in [0.05, 0.1) is 18.1 Å². The van der Waals surface area contributed by atoms with Gasteiger partial charge in [-0.05, 0) is 37.5 Å². The molecule has 7 heteroatoms. The Morgan fingerprint density at radius 3 is 2.20 bits per heavy atom. The van der Waals surface area contributed by atoms with E-state index in [2.05, 4.69) is 6.58 Å². The molecule has 8 N–H and O–H groups in total. The molecule has 1 aromatic carbocycles. The minimum absolute atomic E-state index is 0.0278. The van der Waals surface area contributed by atoms with Crippen LogP contribution in [0.15, 0.2) is 42.4 Å². The number of allylic oxidation sites excluding steroid dienone is 2. The van der Waals surface area contributed by atoms with Crippen molar-refractivity contribution in [2.24, 2.45) is 11.6 Å². The highest BCUT2D eigenvalue weighted by atomic mass is 16.3. The third-order valence-corrected chi connectivity index (χ3v) is 3.15. The Bertz CT molecular complexity index is 648. The van der Waals surface area contributed by atoms with Crippen LogP contribution in [0.4, 0.5) is 0 Å². The second-order valence-electron chi connectivity index (χ2n) is 5.84. The van der Waals surface area contributed by atoms with Crippen LogP contribution in [0.5, 0.6) is 11.5 Å². The molecule has 140 valence electrons. The Kier molecular flexibility index (Phi) is 9.19. The summed E-state index contributed by atoms with van der Waals surface area (Å²) in [7, 11) is 0. The zero-order valence-corrected chi connectivity index (χ0v) is 15.2. The standard InChI is InChI=1S/C15H23N3O3.C3H6O/c1-9(2)11-6-12(15(21)7-14(11)20)13(16)8-18(17)10(3)4-5-19;1-3(2)4/h4,6-9,19-21H,5,16-17H2,1-3H3;4H,1H2,2H3/b10-4+,13-8-;. The average Bonchev–Trinajstić information content (AvgIpc) is 2.46. The van der Waals surface area contributed by atoms with Gasteiger partial charge in [0, 0.05) is 23.5 Å². The lowest BCUT2D eigenvalue weighted by Gasteiger charge is -2.17. The lowest BCUT2D eigenvalue weighted by molar-refractivity contribution is 0.337. The van der Waals surface area contributed by atoms with Gasteiger partial charge in [-0.15, -0.1) is 0 Å².